The maximum Gasteiger partial charge on any atom is 0.222 e. The highest BCUT2D eigenvalue weighted by molar-refractivity contribution is 6.32. The summed E-state index contributed by atoms with van der Waals surface area (Å²) in [5.41, 5.74) is 4.70. The first-order valence-corrected chi connectivity index (χ1v) is 12.1. The van der Waals surface area contributed by atoms with Crippen LogP contribution in [0.25, 0.3) is 16.6 Å². The smallest absolute Gasteiger partial charge is 0.222 e. The molecule has 35 heavy (non-hydrogen) atoms. The van der Waals surface area contributed by atoms with Crippen LogP contribution >= 0.6 is 11.6 Å². The summed E-state index contributed by atoms with van der Waals surface area (Å²) in [7, 11) is 0. The number of nitrogens with zero attached hydrogens (tertiary/aromatic N) is 3. The van der Waals surface area contributed by atoms with Crippen molar-refractivity contribution in [3.63, 3.8) is 0 Å². The quantitative estimate of drug-likeness (QED) is 0.321. The molecule has 0 saturated carbocycles. The molecule has 2 aromatic carbocycles. The second kappa shape index (κ2) is 11.3. The molecule has 2 heterocycles. The molecule has 0 atom stereocenters. The van der Waals surface area contributed by atoms with Crippen LogP contribution in [0.15, 0.2) is 69.7 Å². The van der Waals surface area contributed by atoms with E-state index < -0.39 is 0 Å². The largest absolute Gasteiger partial charge is 0.360 e. The van der Waals surface area contributed by atoms with Crippen molar-refractivity contribution in [3.8, 4) is 0 Å². The first-order valence-electron chi connectivity index (χ1n) is 11.8. The number of fused-ring (bicyclic) bond motifs is 1. The molecule has 182 valence electrons. The number of anilines is 1. The van der Waals surface area contributed by atoms with Crippen LogP contribution in [0.3, 0.4) is 0 Å². The van der Waals surface area contributed by atoms with Gasteiger partial charge in [-0.05, 0) is 50.2 Å². The standard InChI is InChI=1S/C27H31ClN6O/c1-18(28)26(24-16-30-25-7-5-4-6-23(24)25)33-27(29-3)32-22-12-14-34(15-13-22)17-20-8-10-21(11-9-20)31-19(2)35/h4-11,16,22,30H,3,12-15,17H2,1-2H3,(H,31,35)(H,32,33)/b26-18+. The maximum absolute atomic E-state index is 11.2. The number of guanidine groups is 1. The average Bonchev–Trinajstić information content (AvgIpc) is 3.27. The van der Waals surface area contributed by atoms with Gasteiger partial charge in [-0.1, -0.05) is 41.9 Å². The zero-order chi connectivity index (χ0) is 24.8. The third-order valence-corrected chi connectivity index (χ3v) is 6.32. The van der Waals surface area contributed by atoms with Gasteiger partial charge in [0, 0.05) is 66.0 Å². The lowest BCUT2D eigenvalue weighted by atomic mass is 10.0. The minimum Gasteiger partial charge on any atom is -0.360 e. The topological polar surface area (TPSA) is 84.9 Å². The Morgan fingerprint density at radius 3 is 2.51 bits per heavy atom. The second-order valence-electron chi connectivity index (χ2n) is 8.80. The highest BCUT2D eigenvalue weighted by Gasteiger charge is 2.21. The molecule has 0 aliphatic carbocycles. The van der Waals surface area contributed by atoms with Crippen LogP contribution in [-0.2, 0) is 11.3 Å². The van der Waals surface area contributed by atoms with E-state index in [4.69, 9.17) is 16.6 Å². The number of amides is 1. The Balaban J connectivity index is 1.37. The number of aliphatic imine (C=N–C) groups is 2. The summed E-state index contributed by atoms with van der Waals surface area (Å²) in [6, 6.07) is 16.4. The Morgan fingerprint density at radius 1 is 1.14 bits per heavy atom. The van der Waals surface area contributed by atoms with E-state index in [1.54, 1.807) is 0 Å². The van der Waals surface area contributed by atoms with Gasteiger partial charge in [0.05, 0.1) is 5.70 Å². The number of halogens is 1. The Kier molecular flexibility index (Phi) is 8.00. The summed E-state index contributed by atoms with van der Waals surface area (Å²) in [5, 5.41) is 7.92. The molecule has 0 bridgehead atoms. The Labute approximate surface area is 211 Å². The molecule has 8 heteroatoms. The minimum atomic E-state index is -0.0606. The van der Waals surface area contributed by atoms with Crippen LogP contribution in [0.2, 0.25) is 0 Å². The fourth-order valence-electron chi connectivity index (χ4n) is 4.38. The number of piperidine rings is 1. The zero-order valence-corrected chi connectivity index (χ0v) is 20.9. The fraction of sp³-hybridized carbons (Fsp3) is 0.296. The molecule has 0 unspecified atom stereocenters. The first-order chi connectivity index (χ1) is 16.9. The van der Waals surface area contributed by atoms with Crippen molar-refractivity contribution >= 4 is 52.5 Å². The van der Waals surface area contributed by atoms with Crippen molar-refractivity contribution in [2.75, 3.05) is 18.4 Å². The van der Waals surface area contributed by atoms with E-state index in [0.29, 0.717) is 16.7 Å². The second-order valence-corrected chi connectivity index (χ2v) is 9.36. The number of aromatic amines is 1. The van der Waals surface area contributed by atoms with Gasteiger partial charge in [0.1, 0.15) is 0 Å². The van der Waals surface area contributed by atoms with Gasteiger partial charge in [0.25, 0.3) is 0 Å². The monoisotopic (exact) mass is 490 g/mol. The molecule has 1 saturated heterocycles. The van der Waals surface area contributed by atoms with Gasteiger partial charge < -0.3 is 15.6 Å². The summed E-state index contributed by atoms with van der Waals surface area (Å²) in [4.78, 5) is 25.8. The molecule has 0 radical (unpaired) electrons. The molecular formula is C27H31ClN6O. The summed E-state index contributed by atoms with van der Waals surface area (Å²) in [6.45, 7) is 9.89. The van der Waals surface area contributed by atoms with E-state index in [1.165, 1.54) is 12.5 Å². The number of H-pyrrole nitrogens is 1. The predicted octanol–water partition coefficient (Wildman–Crippen LogP) is 5.36. The van der Waals surface area contributed by atoms with Gasteiger partial charge in [-0.15, -0.1) is 0 Å². The molecule has 3 N–H and O–H groups in total. The Bertz CT molecular complexity index is 1250. The number of allylic oxidation sites excluding steroid dienone is 1. The third kappa shape index (κ3) is 6.38. The van der Waals surface area contributed by atoms with Crippen LogP contribution in [0.1, 0.15) is 37.8 Å². The van der Waals surface area contributed by atoms with Crippen LogP contribution in [0.5, 0.6) is 0 Å². The van der Waals surface area contributed by atoms with E-state index in [2.05, 4.69) is 44.4 Å². The highest BCUT2D eigenvalue weighted by Crippen LogP contribution is 2.29. The van der Waals surface area contributed by atoms with Crippen molar-refractivity contribution in [2.24, 2.45) is 9.98 Å². The number of nitrogens with one attached hydrogen (secondary N) is 3. The van der Waals surface area contributed by atoms with E-state index in [-0.39, 0.29) is 11.9 Å². The van der Waals surface area contributed by atoms with Crippen LogP contribution in [0, 0.1) is 0 Å². The lowest BCUT2D eigenvalue weighted by molar-refractivity contribution is -0.114. The number of carbonyl (C=O) groups is 1. The van der Waals surface area contributed by atoms with Gasteiger partial charge >= 0.3 is 0 Å². The van der Waals surface area contributed by atoms with Crippen molar-refractivity contribution in [3.05, 3.63) is 70.9 Å². The molecule has 7 nitrogen and oxygen atoms in total. The number of aromatic nitrogens is 1. The van der Waals surface area contributed by atoms with Crippen LogP contribution in [0.4, 0.5) is 5.69 Å². The lowest BCUT2D eigenvalue weighted by Gasteiger charge is -2.32. The number of hydrogen-bond donors (Lipinski definition) is 3. The van der Waals surface area contributed by atoms with E-state index in [1.807, 2.05) is 49.5 Å². The number of hydrogen-bond acceptors (Lipinski definition) is 3. The Morgan fingerprint density at radius 2 is 1.86 bits per heavy atom. The SMILES string of the molecule is C=N/C(=N\C(=C(/C)Cl)c1c[nH]c2ccccc12)NC1CCN(Cc2ccc(NC(C)=O)cc2)CC1. The normalized spacial score (nSPS) is 16.1. The number of benzene rings is 2. The van der Waals surface area contributed by atoms with E-state index in [9.17, 15) is 4.79 Å². The minimum absolute atomic E-state index is 0.0606. The summed E-state index contributed by atoms with van der Waals surface area (Å²) in [6.07, 6.45) is 3.88. The maximum atomic E-state index is 11.2. The molecule has 4 rings (SSSR count). The first kappa shape index (κ1) is 24.7. The van der Waals surface area contributed by atoms with Crippen LogP contribution in [-0.4, -0.2) is 47.6 Å². The third-order valence-electron chi connectivity index (χ3n) is 6.14. The molecule has 1 aliphatic rings. The molecule has 3 aromatic rings. The molecule has 1 aromatic heterocycles. The molecule has 1 amide bonds. The molecule has 1 fully saturated rings. The zero-order valence-electron chi connectivity index (χ0n) is 20.1. The summed E-state index contributed by atoms with van der Waals surface area (Å²) >= 11 is 6.45. The average molecular weight is 491 g/mol. The molecule has 0 spiro atoms. The van der Waals surface area contributed by atoms with E-state index in [0.717, 1.165) is 54.6 Å². The summed E-state index contributed by atoms with van der Waals surface area (Å²) in [5.74, 6) is 0.423. The number of carbonyl (C=O) groups excluding carboxylic acids is 1. The fourth-order valence-corrected chi connectivity index (χ4v) is 4.53. The van der Waals surface area contributed by atoms with Crippen molar-refractivity contribution < 1.29 is 4.79 Å². The number of para-hydroxylation sites is 1. The molecule has 1 aliphatic heterocycles. The van der Waals surface area contributed by atoms with Gasteiger partial charge in [-0.2, -0.15) is 0 Å². The predicted molar refractivity (Wildman–Crippen MR) is 146 cm³/mol. The lowest BCUT2D eigenvalue weighted by Crippen LogP contribution is -2.44. The van der Waals surface area contributed by atoms with Gasteiger partial charge in [-0.3, -0.25) is 9.69 Å². The highest BCUT2D eigenvalue weighted by atomic mass is 35.5. The van der Waals surface area contributed by atoms with Gasteiger partial charge in [-0.25, -0.2) is 9.98 Å². The Hall–Kier alpha value is -3.42. The molecular weight excluding hydrogens is 460 g/mol. The van der Waals surface area contributed by atoms with E-state index >= 15 is 0 Å². The van der Waals surface area contributed by atoms with Gasteiger partial charge in [0.2, 0.25) is 11.9 Å². The number of rotatable bonds is 6. The summed E-state index contributed by atoms with van der Waals surface area (Å²) < 4.78 is 0. The number of likely N-dealkylation sites (tertiary alicyclic amines) is 1. The van der Waals surface area contributed by atoms with Crippen LogP contribution < -0.4 is 10.6 Å². The van der Waals surface area contributed by atoms with Crippen molar-refractivity contribution in [1.82, 2.24) is 15.2 Å². The van der Waals surface area contributed by atoms with Crippen molar-refractivity contribution in [1.29, 1.82) is 0 Å². The van der Waals surface area contributed by atoms with Crippen molar-refractivity contribution in [2.45, 2.75) is 39.3 Å². The van der Waals surface area contributed by atoms with Gasteiger partial charge in [0.15, 0.2) is 0 Å².